The van der Waals surface area contributed by atoms with Gasteiger partial charge in [-0.1, -0.05) is 35.9 Å². The summed E-state index contributed by atoms with van der Waals surface area (Å²) >= 11 is 0. The van der Waals surface area contributed by atoms with Crippen LogP contribution < -0.4 is 15.8 Å². The van der Waals surface area contributed by atoms with Crippen LogP contribution in [0.1, 0.15) is 12.5 Å². The van der Waals surface area contributed by atoms with Crippen LogP contribution in [-0.2, 0) is 7.05 Å². The Hall–Kier alpha value is -3.28. The lowest BCUT2D eigenvalue weighted by atomic mass is 10.1. The van der Waals surface area contributed by atoms with Crippen molar-refractivity contribution in [3.8, 4) is 0 Å². The van der Waals surface area contributed by atoms with Crippen LogP contribution in [0.15, 0.2) is 59.5 Å². The molecule has 1 aliphatic rings. The molecule has 2 heterocycles. The molecule has 1 atom stereocenters. The third-order valence-corrected chi connectivity index (χ3v) is 5.61. The lowest BCUT2D eigenvalue weighted by Gasteiger charge is -2.41. The van der Waals surface area contributed by atoms with E-state index in [4.69, 9.17) is 0 Å². The number of aromatic nitrogens is 1. The van der Waals surface area contributed by atoms with Gasteiger partial charge in [0.2, 0.25) is 0 Å². The fourth-order valence-corrected chi connectivity index (χ4v) is 3.97. The number of rotatable bonds is 2. The molecule has 0 bridgehead atoms. The number of nitrogens with zero attached hydrogens (tertiary/aromatic N) is 3. The highest BCUT2D eigenvalue weighted by Gasteiger charge is 2.27. The van der Waals surface area contributed by atoms with Crippen molar-refractivity contribution in [3.05, 3.63) is 70.6 Å². The van der Waals surface area contributed by atoms with Crippen molar-refractivity contribution < 1.29 is 4.79 Å². The van der Waals surface area contributed by atoms with Gasteiger partial charge in [-0.15, -0.1) is 0 Å². The summed E-state index contributed by atoms with van der Waals surface area (Å²) in [6, 6.07) is 16.0. The van der Waals surface area contributed by atoms with Gasteiger partial charge in [0, 0.05) is 55.4 Å². The van der Waals surface area contributed by atoms with Crippen LogP contribution in [0.5, 0.6) is 0 Å². The maximum absolute atomic E-state index is 12.9. The molecule has 1 aliphatic heterocycles. The first kappa shape index (κ1) is 19.1. The molecule has 2 amide bonds. The molecule has 6 nitrogen and oxygen atoms in total. The number of fused-ring (bicyclic) bond motifs is 1. The van der Waals surface area contributed by atoms with Crippen molar-refractivity contribution in [3.63, 3.8) is 0 Å². The second-order valence-electron chi connectivity index (χ2n) is 7.76. The molecule has 3 aromatic rings. The molecule has 1 saturated heterocycles. The Labute approximate surface area is 170 Å². The third-order valence-electron chi connectivity index (χ3n) is 5.61. The van der Waals surface area contributed by atoms with Gasteiger partial charge in [-0.3, -0.25) is 4.79 Å². The average molecular weight is 390 g/mol. The van der Waals surface area contributed by atoms with E-state index in [1.165, 1.54) is 15.8 Å². The molecule has 29 heavy (non-hydrogen) atoms. The number of hydrogen-bond donors (Lipinski definition) is 1. The van der Waals surface area contributed by atoms with Crippen molar-refractivity contribution in [2.75, 3.05) is 29.9 Å². The Morgan fingerprint density at radius 2 is 1.72 bits per heavy atom. The smallest absolute Gasteiger partial charge is 0.322 e. The van der Waals surface area contributed by atoms with Crippen LogP contribution in [0.2, 0.25) is 0 Å². The van der Waals surface area contributed by atoms with Gasteiger partial charge in [0.25, 0.3) is 5.56 Å². The fourth-order valence-electron chi connectivity index (χ4n) is 3.97. The molecule has 1 unspecified atom stereocenters. The summed E-state index contributed by atoms with van der Waals surface area (Å²) < 4.78 is 1.51. The number of carbonyl (C=O) groups is 1. The molecule has 150 valence electrons. The van der Waals surface area contributed by atoms with E-state index < -0.39 is 0 Å². The second-order valence-corrected chi connectivity index (χ2v) is 7.76. The summed E-state index contributed by atoms with van der Waals surface area (Å²) in [5.41, 5.74) is 3.01. The Morgan fingerprint density at radius 1 is 1.03 bits per heavy atom. The third kappa shape index (κ3) is 3.70. The molecule has 0 aliphatic carbocycles. The van der Waals surface area contributed by atoms with E-state index in [-0.39, 0.29) is 17.6 Å². The summed E-state index contributed by atoms with van der Waals surface area (Å²) in [6.07, 6.45) is 1.69. The van der Waals surface area contributed by atoms with Crippen molar-refractivity contribution in [2.45, 2.75) is 19.9 Å². The lowest BCUT2D eigenvalue weighted by molar-refractivity contribution is 0.200. The van der Waals surface area contributed by atoms with E-state index in [0.29, 0.717) is 24.2 Å². The minimum atomic E-state index is -0.135. The van der Waals surface area contributed by atoms with Crippen LogP contribution in [0, 0.1) is 6.92 Å². The maximum Gasteiger partial charge on any atom is 0.322 e. The van der Waals surface area contributed by atoms with E-state index >= 15 is 0 Å². The number of benzene rings is 2. The first-order valence-corrected chi connectivity index (χ1v) is 9.91. The van der Waals surface area contributed by atoms with Crippen LogP contribution in [0.25, 0.3) is 10.8 Å². The van der Waals surface area contributed by atoms with Gasteiger partial charge in [0.1, 0.15) is 0 Å². The zero-order valence-electron chi connectivity index (χ0n) is 17.1. The zero-order valence-corrected chi connectivity index (χ0v) is 17.1. The van der Waals surface area contributed by atoms with Gasteiger partial charge in [0.15, 0.2) is 0 Å². The molecule has 0 radical (unpaired) electrons. The van der Waals surface area contributed by atoms with Crippen LogP contribution in [0.4, 0.5) is 16.2 Å². The highest BCUT2D eigenvalue weighted by atomic mass is 16.2. The Bertz CT molecular complexity index is 1100. The predicted molar refractivity (Wildman–Crippen MR) is 118 cm³/mol. The predicted octanol–water partition coefficient (Wildman–Crippen LogP) is 3.59. The molecule has 2 aromatic carbocycles. The highest BCUT2D eigenvalue weighted by molar-refractivity contribution is 6.01. The largest absolute Gasteiger partial charge is 0.365 e. The van der Waals surface area contributed by atoms with E-state index in [9.17, 15) is 9.59 Å². The minimum absolute atomic E-state index is 0.0704. The summed E-state index contributed by atoms with van der Waals surface area (Å²) in [4.78, 5) is 29.5. The monoisotopic (exact) mass is 390 g/mol. The van der Waals surface area contributed by atoms with Crippen molar-refractivity contribution in [2.24, 2.45) is 7.05 Å². The molecule has 1 aromatic heterocycles. The van der Waals surface area contributed by atoms with E-state index in [1.54, 1.807) is 19.3 Å². The first-order valence-electron chi connectivity index (χ1n) is 9.91. The number of carbonyl (C=O) groups excluding carboxylic acids is 1. The number of piperazine rings is 1. The van der Waals surface area contributed by atoms with Gasteiger partial charge in [-0.25, -0.2) is 4.79 Å². The standard InChI is InChI=1S/C23H26N4O2/c1-16-8-10-18(11-9-16)27-13-12-26(14-17(27)2)23(29)24-21-15-25(3)22(28)20-7-5-4-6-19(20)21/h4-11,15,17H,12-14H2,1-3H3,(H,24,29). The normalized spacial score (nSPS) is 16.9. The Balaban J connectivity index is 1.51. The van der Waals surface area contributed by atoms with E-state index in [1.807, 2.05) is 23.1 Å². The number of aryl methyl sites for hydroxylation is 2. The summed E-state index contributed by atoms with van der Waals surface area (Å²) in [5.74, 6) is 0. The van der Waals surface area contributed by atoms with Gasteiger partial charge in [-0.05, 0) is 32.0 Å². The molecular formula is C23H26N4O2. The van der Waals surface area contributed by atoms with Crippen molar-refractivity contribution >= 4 is 28.2 Å². The summed E-state index contributed by atoms with van der Waals surface area (Å²) in [6.45, 7) is 6.29. The first-order chi connectivity index (χ1) is 13.9. The maximum atomic E-state index is 12.9. The number of amides is 2. The van der Waals surface area contributed by atoms with Crippen LogP contribution in [0.3, 0.4) is 0 Å². The number of urea groups is 1. The minimum Gasteiger partial charge on any atom is -0.365 e. The van der Waals surface area contributed by atoms with Gasteiger partial charge >= 0.3 is 6.03 Å². The van der Waals surface area contributed by atoms with E-state index in [2.05, 4.69) is 48.3 Å². The van der Waals surface area contributed by atoms with Crippen molar-refractivity contribution in [1.82, 2.24) is 9.47 Å². The number of pyridine rings is 1. The summed E-state index contributed by atoms with van der Waals surface area (Å²) in [5, 5.41) is 4.38. The van der Waals surface area contributed by atoms with E-state index in [0.717, 1.165) is 11.9 Å². The lowest BCUT2D eigenvalue weighted by Crippen LogP contribution is -2.54. The fraction of sp³-hybridized carbons (Fsp3) is 0.304. The van der Waals surface area contributed by atoms with Gasteiger partial charge < -0.3 is 19.7 Å². The zero-order chi connectivity index (χ0) is 20.5. The molecule has 6 heteroatoms. The van der Waals surface area contributed by atoms with Crippen LogP contribution in [-0.4, -0.2) is 41.2 Å². The van der Waals surface area contributed by atoms with Crippen molar-refractivity contribution in [1.29, 1.82) is 0 Å². The van der Waals surface area contributed by atoms with Gasteiger partial charge in [0.05, 0.1) is 5.69 Å². The molecular weight excluding hydrogens is 364 g/mol. The quantitative estimate of drug-likeness (QED) is 0.728. The van der Waals surface area contributed by atoms with Crippen LogP contribution >= 0.6 is 0 Å². The molecule has 1 fully saturated rings. The highest BCUT2D eigenvalue weighted by Crippen LogP contribution is 2.23. The molecule has 1 N–H and O–H groups in total. The number of nitrogens with one attached hydrogen (secondary N) is 1. The second kappa shape index (κ2) is 7.62. The topological polar surface area (TPSA) is 57.6 Å². The number of hydrogen-bond acceptors (Lipinski definition) is 3. The molecule has 0 spiro atoms. The number of anilines is 2. The average Bonchev–Trinajstić information content (AvgIpc) is 2.72. The Morgan fingerprint density at radius 3 is 2.41 bits per heavy atom. The summed E-state index contributed by atoms with van der Waals surface area (Å²) in [7, 11) is 1.70. The van der Waals surface area contributed by atoms with Gasteiger partial charge in [-0.2, -0.15) is 0 Å². The molecule has 4 rings (SSSR count). The molecule has 0 saturated carbocycles. The SMILES string of the molecule is Cc1ccc(N2CCN(C(=O)Nc3cn(C)c(=O)c4ccccc34)CC2C)cc1. The Kier molecular flexibility index (Phi) is 5.01.